The second-order valence-electron chi connectivity index (χ2n) is 5.84. The van der Waals surface area contributed by atoms with Gasteiger partial charge in [0.25, 0.3) is 0 Å². The van der Waals surface area contributed by atoms with E-state index >= 15 is 0 Å². The monoisotopic (exact) mass is 325 g/mol. The summed E-state index contributed by atoms with van der Waals surface area (Å²) in [5.41, 5.74) is 0.840. The van der Waals surface area contributed by atoms with Crippen LogP contribution in [0.15, 0.2) is 22.7 Å². The molecule has 0 spiro atoms. The molecule has 2 aliphatic rings. The predicted octanol–water partition coefficient (Wildman–Crippen LogP) is 2.60. The highest BCUT2D eigenvalue weighted by Crippen LogP contribution is 2.33. The van der Waals surface area contributed by atoms with E-state index in [1.807, 2.05) is 12.1 Å². The summed E-state index contributed by atoms with van der Waals surface area (Å²) in [6, 6.07) is 6.19. The summed E-state index contributed by atoms with van der Waals surface area (Å²) in [7, 11) is 0. The first-order valence-corrected chi connectivity index (χ1v) is 7.77. The number of β-amino-alcohol motifs (C(OH)–C–C–N with tert-alkyl or cyclic N) is 1. The first kappa shape index (κ1) is 13.4. The maximum Gasteiger partial charge on any atom is 0.123 e. The Morgan fingerprint density at radius 3 is 3.00 bits per heavy atom. The molecule has 104 valence electrons. The number of nitrogens with zero attached hydrogens (tertiary/aromatic N) is 1. The van der Waals surface area contributed by atoms with Gasteiger partial charge < -0.3 is 9.84 Å². The summed E-state index contributed by atoms with van der Waals surface area (Å²) >= 11 is 3.49. The number of benzene rings is 1. The van der Waals surface area contributed by atoms with Crippen molar-refractivity contribution in [1.82, 2.24) is 4.90 Å². The Balaban J connectivity index is 1.52. The maximum atomic E-state index is 10.2. The molecule has 0 aliphatic carbocycles. The van der Waals surface area contributed by atoms with Crippen molar-refractivity contribution in [2.45, 2.75) is 37.9 Å². The van der Waals surface area contributed by atoms with Crippen molar-refractivity contribution in [3.8, 4) is 5.75 Å². The molecule has 1 aromatic carbocycles. The van der Waals surface area contributed by atoms with Crippen LogP contribution >= 0.6 is 15.9 Å². The van der Waals surface area contributed by atoms with E-state index < -0.39 is 5.60 Å². The largest absolute Gasteiger partial charge is 0.488 e. The average Bonchev–Trinajstić information content (AvgIpc) is 2.68. The number of rotatable bonds is 4. The van der Waals surface area contributed by atoms with Crippen LogP contribution in [0.1, 0.15) is 25.3 Å². The van der Waals surface area contributed by atoms with Crippen LogP contribution in [0.3, 0.4) is 0 Å². The normalized spacial score (nSPS) is 24.7. The van der Waals surface area contributed by atoms with E-state index in [0.717, 1.165) is 49.1 Å². The smallest absolute Gasteiger partial charge is 0.123 e. The SMILES string of the molecule is CCCC1(O)CN(CC2Cc3cc(Br)ccc3O2)C1. The van der Waals surface area contributed by atoms with E-state index in [2.05, 4.69) is 33.8 Å². The van der Waals surface area contributed by atoms with Gasteiger partial charge in [0, 0.05) is 30.5 Å². The Hall–Kier alpha value is -0.580. The van der Waals surface area contributed by atoms with Crippen molar-refractivity contribution >= 4 is 15.9 Å². The average molecular weight is 326 g/mol. The van der Waals surface area contributed by atoms with Crippen molar-refractivity contribution in [3.63, 3.8) is 0 Å². The molecule has 1 atom stereocenters. The van der Waals surface area contributed by atoms with Crippen LogP contribution in [0.2, 0.25) is 0 Å². The highest BCUT2D eigenvalue weighted by atomic mass is 79.9. The fraction of sp³-hybridized carbons (Fsp3) is 0.600. The molecule has 1 unspecified atom stereocenters. The Kier molecular flexibility index (Phi) is 3.58. The molecule has 3 nitrogen and oxygen atoms in total. The molecule has 0 saturated carbocycles. The van der Waals surface area contributed by atoms with Crippen LogP contribution in [0.4, 0.5) is 0 Å². The fourth-order valence-electron chi connectivity index (χ4n) is 3.22. The predicted molar refractivity (Wildman–Crippen MR) is 78.6 cm³/mol. The fourth-order valence-corrected chi connectivity index (χ4v) is 3.63. The zero-order chi connectivity index (χ0) is 13.5. The van der Waals surface area contributed by atoms with Crippen LogP contribution in [0, 0.1) is 0 Å². The van der Waals surface area contributed by atoms with Gasteiger partial charge in [-0.1, -0.05) is 29.3 Å². The van der Waals surface area contributed by atoms with E-state index in [4.69, 9.17) is 4.74 Å². The minimum atomic E-state index is -0.441. The molecule has 3 rings (SSSR count). The van der Waals surface area contributed by atoms with Crippen LogP contribution in [0.5, 0.6) is 5.75 Å². The molecule has 2 heterocycles. The number of hydrogen-bond acceptors (Lipinski definition) is 3. The van der Waals surface area contributed by atoms with Gasteiger partial charge in [0.05, 0.1) is 5.60 Å². The number of hydrogen-bond donors (Lipinski definition) is 1. The van der Waals surface area contributed by atoms with E-state index in [1.54, 1.807) is 0 Å². The molecule has 19 heavy (non-hydrogen) atoms. The third kappa shape index (κ3) is 2.81. The number of fused-ring (bicyclic) bond motifs is 1. The summed E-state index contributed by atoms with van der Waals surface area (Å²) < 4.78 is 7.06. The Morgan fingerprint density at radius 2 is 2.26 bits per heavy atom. The molecule has 0 amide bonds. The van der Waals surface area contributed by atoms with Crippen molar-refractivity contribution in [2.75, 3.05) is 19.6 Å². The van der Waals surface area contributed by atoms with Crippen molar-refractivity contribution in [1.29, 1.82) is 0 Å². The van der Waals surface area contributed by atoms with Gasteiger partial charge in [0.2, 0.25) is 0 Å². The molecule has 1 fully saturated rings. The lowest BCUT2D eigenvalue weighted by molar-refractivity contribution is -0.110. The summed E-state index contributed by atoms with van der Waals surface area (Å²) in [6.45, 7) is 4.62. The van der Waals surface area contributed by atoms with Gasteiger partial charge in [-0.15, -0.1) is 0 Å². The second-order valence-corrected chi connectivity index (χ2v) is 6.76. The lowest BCUT2D eigenvalue weighted by atomic mass is 9.89. The molecule has 0 bridgehead atoms. The Morgan fingerprint density at radius 1 is 1.47 bits per heavy atom. The minimum absolute atomic E-state index is 0.232. The van der Waals surface area contributed by atoms with Crippen molar-refractivity contribution in [2.24, 2.45) is 0 Å². The van der Waals surface area contributed by atoms with Crippen LogP contribution in [-0.4, -0.2) is 41.3 Å². The number of ether oxygens (including phenoxy) is 1. The third-order valence-corrected chi connectivity index (χ3v) is 4.47. The number of aliphatic hydroxyl groups is 1. The van der Waals surface area contributed by atoms with Gasteiger partial charge in [0.1, 0.15) is 11.9 Å². The second kappa shape index (κ2) is 5.08. The summed E-state index contributed by atoms with van der Waals surface area (Å²) in [4.78, 5) is 2.29. The number of halogens is 1. The molecule has 1 saturated heterocycles. The maximum absolute atomic E-state index is 10.2. The van der Waals surface area contributed by atoms with Gasteiger partial charge in [0.15, 0.2) is 0 Å². The van der Waals surface area contributed by atoms with Crippen molar-refractivity contribution < 1.29 is 9.84 Å². The van der Waals surface area contributed by atoms with Gasteiger partial charge >= 0.3 is 0 Å². The summed E-state index contributed by atoms with van der Waals surface area (Å²) in [6.07, 6.45) is 3.15. The molecule has 1 aromatic rings. The first-order valence-electron chi connectivity index (χ1n) is 6.98. The topological polar surface area (TPSA) is 32.7 Å². The first-order chi connectivity index (χ1) is 9.08. The molecule has 1 N–H and O–H groups in total. The Bertz CT molecular complexity index is 471. The third-order valence-electron chi connectivity index (χ3n) is 3.98. The molecule has 4 heteroatoms. The van der Waals surface area contributed by atoms with Crippen LogP contribution in [0.25, 0.3) is 0 Å². The van der Waals surface area contributed by atoms with E-state index in [-0.39, 0.29) is 6.10 Å². The highest BCUT2D eigenvalue weighted by Gasteiger charge is 2.41. The van der Waals surface area contributed by atoms with Crippen molar-refractivity contribution in [3.05, 3.63) is 28.2 Å². The minimum Gasteiger partial charge on any atom is -0.488 e. The zero-order valence-electron chi connectivity index (χ0n) is 11.2. The molecule has 2 aliphatic heterocycles. The van der Waals surface area contributed by atoms with Gasteiger partial charge in [-0.05, 0) is 30.2 Å². The van der Waals surface area contributed by atoms with Gasteiger partial charge in [-0.25, -0.2) is 0 Å². The lowest BCUT2D eigenvalue weighted by Crippen LogP contribution is -2.63. The van der Waals surface area contributed by atoms with E-state index in [0.29, 0.717) is 0 Å². The summed E-state index contributed by atoms with van der Waals surface area (Å²) in [5.74, 6) is 1.01. The molecular weight excluding hydrogens is 306 g/mol. The zero-order valence-corrected chi connectivity index (χ0v) is 12.8. The quantitative estimate of drug-likeness (QED) is 0.923. The van der Waals surface area contributed by atoms with Gasteiger partial charge in [-0.2, -0.15) is 0 Å². The molecule has 0 radical (unpaired) electrons. The van der Waals surface area contributed by atoms with Crippen LogP contribution < -0.4 is 4.74 Å². The summed E-state index contributed by atoms with van der Waals surface area (Å²) in [5, 5.41) is 10.2. The number of likely N-dealkylation sites (tertiary alicyclic amines) is 1. The standard InChI is InChI=1S/C15H20BrNO2/c1-2-5-15(18)9-17(10-15)8-13-7-11-6-12(16)3-4-14(11)19-13/h3-4,6,13,18H,2,5,7-10H2,1H3. The lowest BCUT2D eigenvalue weighted by Gasteiger charge is -2.47. The molecule has 0 aromatic heterocycles. The van der Waals surface area contributed by atoms with E-state index in [1.165, 1.54) is 5.56 Å². The van der Waals surface area contributed by atoms with Crippen LogP contribution in [-0.2, 0) is 6.42 Å². The Labute approximate surface area is 122 Å². The van der Waals surface area contributed by atoms with E-state index in [9.17, 15) is 5.11 Å². The van der Waals surface area contributed by atoms with Gasteiger partial charge in [-0.3, -0.25) is 4.90 Å². The highest BCUT2D eigenvalue weighted by molar-refractivity contribution is 9.10. The molecular formula is C15H20BrNO2.